The second kappa shape index (κ2) is 6.74. The number of aromatic nitrogens is 1. The monoisotopic (exact) mass is 328 g/mol. The molecule has 0 bridgehead atoms. The average Bonchev–Trinajstić information content (AvgIpc) is 3.13. The summed E-state index contributed by atoms with van der Waals surface area (Å²) in [6, 6.07) is 6.69. The van der Waals surface area contributed by atoms with Crippen LogP contribution in [0.15, 0.2) is 30.5 Å². The lowest BCUT2D eigenvalue weighted by Crippen LogP contribution is -2.36. The van der Waals surface area contributed by atoms with Gasteiger partial charge in [-0.25, -0.2) is 4.79 Å². The second-order valence-corrected chi connectivity index (χ2v) is 5.87. The molecule has 24 heavy (non-hydrogen) atoms. The minimum atomic E-state index is -0.769. The number of hydrogen-bond acceptors (Lipinski definition) is 3. The SMILES string of the molecule is CCCN1C(=O)N[C@@H](CC(=O)NCc2ccc3cc[nH]c3c2)C1=O. The molecule has 1 fully saturated rings. The van der Waals surface area contributed by atoms with E-state index in [0.29, 0.717) is 19.5 Å². The number of aromatic amines is 1. The predicted molar refractivity (Wildman–Crippen MR) is 89.1 cm³/mol. The summed E-state index contributed by atoms with van der Waals surface area (Å²) in [4.78, 5) is 40.1. The van der Waals surface area contributed by atoms with E-state index in [1.807, 2.05) is 37.4 Å². The summed E-state index contributed by atoms with van der Waals surface area (Å²) >= 11 is 0. The third-order valence-corrected chi connectivity index (χ3v) is 4.05. The minimum Gasteiger partial charge on any atom is -0.361 e. The molecule has 126 valence electrons. The maximum absolute atomic E-state index is 12.1. The Labute approximate surface area is 139 Å². The number of amides is 4. The number of carbonyl (C=O) groups excluding carboxylic acids is 3. The van der Waals surface area contributed by atoms with Gasteiger partial charge < -0.3 is 15.6 Å². The van der Waals surface area contributed by atoms with E-state index in [2.05, 4.69) is 15.6 Å². The van der Waals surface area contributed by atoms with Crippen LogP contribution in [0.4, 0.5) is 4.79 Å². The Bertz CT molecular complexity index is 783. The quantitative estimate of drug-likeness (QED) is 0.702. The van der Waals surface area contributed by atoms with E-state index < -0.39 is 12.1 Å². The van der Waals surface area contributed by atoms with Crippen molar-refractivity contribution in [2.75, 3.05) is 6.54 Å². The van der Waals surface area contributed by atoms with Crippen molar-refractivity contribution >= 4 is 28.7 Å². The first-order valence-corrected chi connectivity index (χ1v) is 8.03. The van der Waals surface area contributed by atoms with E-state index in [4.69, 9.17) is 0 Å². The summed E-state index contributed by atoms with van der Waals surface area (Å²) < 4.78 is 0. The second-order valence-electron chi connectivity index (χ2n) is 5.87. The van der Waals surface area contributed by atoms with Gasteiger partial charge in [0.05, 0.1) is 6.42 Å². The zero-order valence-corrected chi connectivity index (χ0v) is 13.5. The van der Waals surface area contributed by atoms with Crippen LogP contribution in [0, 0.1) is 0 Å². The summed E-state index contributed by atoms with van der Waals surface area (Å²) in [5.74, 6) is -0.594. The van der Waals surface area contributed by atoms with Crippen molar-refractivity contribution in [2.45, 2.75) is 32.4 Å². The Hall–Kier alpha value is -2.83. The van der Waals surface area contributed by atoms with Gasteiger partial charge in [0.1, 0.15) is 6.04 Å². The van der Waals surface area contributed by atoms with Crippen molar-refractivity contribution < 1.29 is 14.4 Å². The van der Waals surface area contributed by atoms with Gasteiger partial charge in [-0.05, 0) is 29.5 Å². The Morgan fingerprint density at radius 2 is 2.12 bits per heavy atom. The fourth-order valence-corrected chi connectivity index (χ4v) is 2.81. The van der Waals surface area contributed by atoms with Gasteiger partial charge in [-0.1, -0.05) is 19.1 Å². The van der Waals surface area contributed by atoms with Crippen LogP contribution in [0.2, 0.25) is 0 Å². The first-order valence-electron chi connectivity index (χ1n) is 8.03. The first-order chi connectivity index (χ1) is 11.6. The maximum Gasteiger partial charge on any atom is 0.324 e. The number of nitrogens with one attached hydrogen (secondary N) is 3. The van der Waals surface area contributed by atoms with Crippen LogP contribution >= 0.6 is 0 Å². The van der Waals surface area contributed by atoms with Crippen molar-refractivity contribution in [1.29, 1.82) is 0 Å². The van der Waals surface area contributed by atoms with E-state index in [1.54, 1.807) is 0 Å². The Balaban J connectivity index is 1.54. The van der Waals surface area contributed by atoms with Crippen molar-refractivity contribution in [3.8, 4) is 0 Å². The fraction of sp³-hybridized carbons (Fsp3) is 0.353. The zero-order valence-electron chi connectivity index (χ0n) is 13.5. The highest BCUT2D eigenvalue weighted by Gasteiger charge is 2.38. The molecular formula is C17H20N4O3. The van der Waals surface area contributed by atoms with E-state index in [1.165, 1.54) is 0 Å². The molecule has 2 aromatic rings. The number of nitrogens with zero attached hydrogens (tertiary/aromatic N) is 1. The summed E-state index contributed by atoms with van der Waals surface area (Å²) in [5.41, 5.74) is 1.97. The summed E-state index contributed by atoms with van der Waals surface area (Å²) in [5, 5.41) is 6.46. The fourth-order valence-electron chi connectivity index (χ4n) is 2.81. The molecule has 3 N–H and O–H groups in total. The van der Waals surface area contributed by atoms with Crippen LogP contribution in [-0.2, 0) is 16.1 Å². The van der Waals surface area contributed by atoms with Gasteiger partial charge in [-0.3, -0.25) is 14.5 Å². The molecule has 0 unspecified atom stereocenters. The van der Waals surface area contributed by atoms with Crippen LogP contribution in [0.25, 0.3) is 10.9 Å². The van der Waals surface area contributed by atoms with E-state index in [9.17, 15) is 14.4 Å². The smallest absolute Gasteiger partial charge is 0.324 e. The summed E-state index contributed by atoms with van der Waals surface area (Å²) in [7, 11) is 0. The van der Waals surface area contributed by atoms with Gasteiger partial charge in [0.25, 0.3) is 5.91 Å². The van der Waals surface area contributed by atoms with Gasteiger partial charge in [0.2, 0.25) is 5.91 Å². The molecule has 4 amide bonds. The van der Waals surface area contributed by atoms with Crippen LogP contribution in [-0.4, -0.2) is 40.3 Å². The third-order valence-electron chi connectivity index (χ3n) is 4.05. The number of hydrogen-bond donors (Lipinski definition) is 3. The van der Waals surface area contributed by atoms with E-state index in [-0.39, 0.29) is 18.2 Å². The molecule has 0 radical (unpaired) electrons. The largest absolute Gasteiger partial charge is 0.361 e. The number of carbonyl (C=O) groups is 3. The molecule has 1 saturated heterocycles. The predicted octanol–water partition coefficient (Wildman–Crippen LogP) is 1.50. The number of benzene rings is 1. The van der Waals surface area contributed by atoms with Gasteiger partial charge in [0, 0.05) is 24.8 Å². The van der Waals surface area contributed by atoms with Crippen LogP contribution in [0.1, 0.15) is 25.3 Å². The Kier molecular flexibility index (Phi) is 4.50. The van der Waals surface area contributed by atoms with Gasteiger partial charge in [-0.15, -0.1) is 0 Å². The van der Waals surface area contributed by atoms with Crippen LogP contribution < -0.4 is 10.6 Å². The molecule has 0 saturated carbocycles. The van der Waals surface area contributed by atoms with Crippen LogP contribution in [0.5, 0.6) is 0 Å². The van der Waals surface area contributed by atoms with Crippen molar-refractivity contribution in [2.24, 2.45) is 0 Å². The lowest BCUT2D eigenvalue weighted by atomic mass is 10.1. The molecule has 1 aliphatic rings. The Morgan fingerprint density at radius 3 is 2.92 bits per heavy atom. The normalized spacial score (nSPS) is 17.4. The highest BCUT2D eigenvalue weighted by Crippen LogP contribution is 2.14. The molecule has 7 heteroatoms. The molecule has 1 aromatic heterocycles. The molecule has 1 aromatic carbocycles. The highest BCUT2D eigenvalue weighted by atomic mass is 16.2. The molecule has 1 aliphatic heterocycles. The molecule has 1 atom stereocenters. The molecular weight excluding hydrogens is 308 g/mol. The molecule has 0 spiro atoms. The van der Waals surface area contributed by atoms with Gasteiger partial charge in [0.15, 0.2) is 0 Å². The third kappa shape index (κ3) is 3.24. The highest BCUT2D eigenvalue weighted by molar-refractivity contribution is 6.05. The lowest BCUT2D eigenvalue weighted by Gasteiger charge is -2.11. The standard InChI is InChI=1S/C17H20N4O3/c1-2-7-21-16(23)14(20-17(21)24)9-15(22)19-10-11-3-4-12-5-6-18-13(12)8-11/h3-6,8,14,18H,2,7,9-10H2,1H3,(H,19,22)(H,20,24)/t14-/m0/s1. The van der Waals surface area contributed by atoms with Crippen LogP contribution in [0.3, 0.4) is 0 Å². The topological polar surface area (TPSA) is 94.3 Å². The first kappa shape index (κ1) is 16.0. The molecule has 7 nitrogen and oxygen atoms in total. The number of H-pyrrole nitrogens is 1. The van der Waals surface area contributed by atoms with E-state index >= 15 is 0 Å². The molecule has 2 heterocycles. The minimum absolute atomic E-state index is 0.0461. The van der Waals surface area contributed by atoms with Crippen molar-refractivity contribution in [3.05, 3.63) is 36.0 Å². The maximum atomic E-state index is 12.1. The number of urea groups is 1. The lowest BCUT2D eigenvalue weighted by molar-refractivity contribution is -0.130. The molecule has 0 aliphatic carbocycles. The van der Waals surface area contributed by atoms with E-state index in [0.717, 1.165) is 21.4 Å². The number of rotatable bonds is 6. The zero-order chi connectivity index (χ0) is 17.1. The van der Waals surface area contributed by atoms with Gasteiger partial charge >= 0.3 is 6.03 Å². The number of imide groups is 1. The summed E-state index contributed by atoms with van der Waals surface area (Å²) in [6.07, 6.45) is 2.51. The van der Waals surface area contributed by atoms with Crippen molar-refractivity contribution in [3.63, 3.8) is 0 Å². The molecule has 3 rings (SSSR count). The average molecular weight is 328 g/mol. The summed E-state index contributed by atoms with van der Waals surface area (Å²) in [6.45, 7) is 2.64. The Morgan fingerprint density at radius 1 is 1.29 bits per heavy atom. The van der Waals surface area contributed by atoms with Gasteiger partial charge in [-0.2, -0.15) is 0 Å². The van der Waals surface area contributed by atoms with Crippen molar-refractivity contribution in [1.82, 2.24) is 20.5 Å². The number of fused-ring (bicyclic) bond motifs is 1.